The lowest BCUT2D eigenvalue weighted by Crippen LogP contribution is -2.59. The van der Waals surface area contributed by atoms with E-state index in [0.717, 1.165) is 18.0 Å². The zero-order valence-corrected chi connectivity index (χ0v) is 15.6. The lowest BCUT2D eigenvalue weighted by molar-refractivity contribution is -0.208. The van der Waals surface area contributed by atoms with Crippen molar-refractivity contribution in [1.29, 1.82) is 0 Å². The van der Waals surface area contributed by atoms with E-state index in [9.17, 15) is 14.4 Å². The highest BCUT2D eigenvalue weighted by atomic mass is 32.2. The van der Waals surface area contributed by atoms with Gasteiger partial charge in [0.15, 0.2) is 17.4 Å². The minimum atomic E-state index is -0.915. The second-order valence-corrected chi connectivity index (χ2v) is 7.54. The van der Waals surface area contributed by atoms with Crippen LogP contribution in [0.15, 0.2) is 4.99 Å². The summed E-state index contributed by atoms with van der Waals surface area (Å²) in [7, 11) is 0. The van der Waals surface area contributed by atoms with Crippen molar-refractivity contribution in [3.8, 4) is 0 Å². The van der Waals surface area contributed by atoms with Gasteiger partial charge in [-0.15, -0.1) is 0 Å². The summed E-state index contributed by atoms with van der Waals surface area (Å²) in [5.74, 6) is -1.54. The van der Waals surface area contributed by atoms with Gasteiger partial charge >= 0.3 is 17.9 Å². The van der Waals surface area contributed by atoms with E-state index in [1.54, 1.807) is 0 Å². The van der Waals surface area contributed by atoms with Gasteiger partial charge in [-0.3, -0.25) is 19.4 Å². The highest BCUT2D eigenvalue weighted by Crippen LogP contribution is 2.39. The number of carbonyl (C=O) groups is 3. The van der Waals surface area contributed by atoms with Gasteiger partial charge in [-0.1, -0.05) is 11.8 Å². The number of ether oxygens (including phenoxy) is 4. The summed E-state index contributed by atoms with van der Waals surface area (Å²) in [6, 6.07) is -0.0993. The number of aliphatic imine (C=N–C) groups is 1. The Balaban J connectivity index is 1.81. The van der Waals surface area contributed by atoms with Crippen LogP contribution in [0.4, 0.5) is 0 Å². The first-order valence-electron chi connectivity index (χ1n) is 8.47. The molecule has 2 fully saturated rings. The second-order valence-electron chi connectivity index (χ2n) is 6.45. The van der Waals surface area contributed by atoms with Gasteiger partial charge in [-0.25, -0.2) is 0 Å². The first kappa shape index (κ1) is 19.0. The number of hydrogen-bond donors (Lipinski definition) is 1. The Hall–Kier alpha value is -1.81. The quantitative estimate of drug-likeness (QED) is 0.528. The van der Waals surface area contributed by atoms with E-state index >= 15 is 0 Å². The summed E-state index contributed by atoms with van der Waals surface area (Å²) < 4.78 is 21.8. The Morgan fingerprint density at radius 3 is 2.35 bits per heavy atom. The van der Waals surface area contributed by atoms with Crippen LogP contribution in [0.5, 0.6) is 0 Å². The Labute approximate surface area is 155 Å². The highest BCUT2D eigenvalue weighted by molar-refractivity contribution is 8.14. The van der Waals surface area contributed by atoms with Crippen LogP contribution in [0, 0.1) is 0 Å². The van der Waals surface area contributed by atoms with E-state index in [4.69, 9.17) is 18.9 Å². The van der Waals surface area contributed by atoms with Crippen molar-refractivity contribution in [2.24, 2.45) is 4.99 Å². The standard InChI is InChI=1S/C16H22N2O7S/c1-7(19)22-6-11-13(23-8(2)20)14(24-9(3)21)12-15(25-11)26-16(18-12)17-10-4-5-10/h10-15H,4-6H2,1-3H3,(H,17,18)/t11-,12-,13-,14-,15-/m1/s1. The maximum Gasteiger partial charge on any atom is 0.303 e. The smallest absolute Gasteiger partial charge is 0.303 e. The fourth-order valence-corrected chi connectivity index (χ4v) is 4.06. The van der Waals surface area contributed by atoms with E-state index in [0.29, 0.717) is 6.04 Å². The first-order valence-corrected chi connectivity index (χ1v) is 9.35. The summed E-state index contributed by atoms with van der Waals surface area (Å²) in [5, 5.41) is 4.02. The average molecular weight is 386 g/mol. The van der Waals surface area contributed by atoms with Gasteiger partial charge in [-0.05, 0) is 12.8 Å². The van der Waals surface area contributed by atoms with Crippen LogP contribution in [0.3, 0.4) is 0 Å². The largest absolute Gasteiger partial charge is 0.463 e. The molecule has 3 rings (SSSR count). The van der Waals surface area contributed by atoms with Crippen LogP contribution >= 0.6 is 11.8 Å². The van der Waals surface area contributed by atoms with Gasteiger partial charge in [0.2, 0.25) is 0 Å². The van der Waals surface area contributed by atoms with Crippen molar-refractivity contribution in [2.45, 2.75) is 69.4 Å². The summed E-state index contributed by atoms with van der Waals surface area (Å²) in [5.41, 5.74) is -0.423. The molecule has 26 heavy (non-hydrogen) atoms. The van der Waals surface area contributed by atoms with Gasteiger partial charge in [0.1, 0.15) is 24.2 Å². The van der Waals surface area contributed by atoms with Crippen molar-refractivity contribution in [2.75, 3.05) is 6.61 Å². The van der Waals surface area contributed by atoms with Gasteiger partial charge in [0, 0.05) is 26.8 Å². The van der Waals surface area contributed by atoms with Gasteiger partial charge < -0.3 is 24.3 Å². The van der Waals surface area contributed by atoms with Crippen LogP contribution in [0.1, 0.15) is 33.6 Å². The van der Waals surface area contributed by atoms with Gasteiger partial charge in [0.25, 0.3) is 0 Å². The Morgan fingerprint density at radius 2 is 1.77 bits per heavy atom. The fraction of sp³-hybridized carbons (Fsp3) is 0.750. The molecule has 2 aliphatic heterocycles. The topological polar surface area (TPSA) is 113 Å². The monoisotopic (exact) mass is 386 g/mol. The molecule has 2 heterocycles. The number of nitrogens with zero attached hydrogens (tertiary/aromatic N) is 1. The maximum absolute atomic E-state index is 11.6. The molecule has 1 N–H and O–H groups in total. The average Bonchev–Trinajstić information content (AvgIpc) is 3.24. The molecule has 0 aromatic carbocycles. The van der Waals surface area contributed by atoms with Crippen LogP contribution in [-0.4, -0.2) is 65.5 Å². The maximum atomic E-state index is 11.6. The second kappa shape index (κ2) is 7.83. The molecule has 0 aromatic rings. The third-order valence-corrected chi connectivity index (χ3v) is 5.14. The van der Waals surface area contributed by atoms with Gasteiger partial charge in [-0.2, -0.15) is 0 Å². The zero-order chi connectivity index (χ0) is 18.8. The number of hydrogen-bond acceptors (Lipinski definition) is 10. The van der Waals surface area contributed by atoms with Crippen molar-refractivity contribution in [1.82, 2.24) is 5.32 Å². The highest BCUT2D eigenvalue weighted by Gasteiger charge is 2.53. The Bertz CT molecular complexity index is 622. The molecule has 1 aliphatic carbocycles. The predicted octanol–water partition coefficient (Wildman–Crippen LogP) is 0.361. The summed E-state index contributed by atoms with van der Waals surface area (Å²) >= 11 is 1.40. The lowest BCUT2D eigenvalue weighted by Gasteiger charge is -2.41. The molecule has 0 bridgehead atoms. The number of nitrogens with one attached hydrogen (secondary N) is 1. The third kappa shape index (κ3) is 4.67. The molecule has 0 unspecified atom stereocenters. The zero-order valence-electron chi connectivity index (χ0n) is 14.8. The molecule has 1 saturated heterocycles. The van der Waals surface area contributed by atoms with Crippen LogP contribution < -0.4 is 5.32 Å². The van der Waals surface area contributed by atoms with E-state index < -0.39 is 47.7 Å². The van der Waals surface area contributed by atoms with E-state index in [1.807, 2.05) is 0 Å². The molecule has 0 spiro atoms. The molecule has 9 nitrogen and oxygen atoms in total. The molecule has 0 radical (unpaired) electrons. The first-order chi connectivity index (χ1) is 12.3. The van der Waals surface area contributed by atoms with Crippen molar-refractivity contribution >= 4 is 34.8 Å². The molecule has 3 aliphatic rings. The minimum absolute atomic E-state index is 0.111. The molecule has 1 saturated carbocycles. The third-order valence-electron chi connectivity index (χ3n) is 4.07. The summed E-state index contributed by atoms with van der Waals surface area (Å²) in [4.78, 5) is 38.9. The lowest BCUT2D eigenvalue weighted by atomic mass is 9.98. The molecular weight excluding hydrogens is 364 g/mol. The number of fused-ring (bicyclic) bond motifs is 1. The molecule has 0 aromatic heterocycles. The molecule has 10 heteroatoms. The number of esters is 3. The molecule has 5 atom stereocenters. The summed E-state index contributed by atoms with van der Waals surface area (Å²) in [6.45, 7) is 3.71. The predicted molar refractivity (Wildman–Crippen MR) is 91.4 cm³/mol. The normalized spacial score (nSPS) is 32.9. The molecule has 0 amide bonds. The van der Waals surface area contributed by atoms with E-state index in [-0.39, 0.29) is 6.61 Å². The number of carbonyl (C=O) groups excluding carboxylic acids is 3. The van der Waals surface area contributed by atoms with E-state index in [2.05, 4.69) is 10.3 Å². The number of thioether (sulfide) groups is 1. The Morgan fingerprint density at radius 1 is 1.12 bits per heavy atom. The van der Waals surface area contributed by atoms with Gasteiger partial charge in [0.05, 0.1) is 0 Å². The van der Waals surface area contributed by atoms with E-state index in [1.165, 1.54) is 32.5 Å². The SMILES string of the molecule is CC(=O)OC[C@H]1O[C@@H]2SC(NC3CC3)=N[C@@H]2[C@@H](OC(C)=O)[C@@H]1OC(C)=O. The van der Waals surface area contributed by atoms with Crippen molar-refractivity contribution in [3.63, 3.8) is 0 Å². The van der Waals surface area contributed by atoms with Crippen LogP contribution in [-0.2, 0) is 33.3 Å². The fourth-order valence-electron chi connectivity index (χ4n) is 2.87. The van der Waals surface area contributed by atoms with Crippen LogP contribution in [0.2, 0.25) is 0 Å². The minimum Gasteiger partial charge on any atom is -0.463 e. The van der Waals surface area contributed by atoms with Crippen molar-refractivity contribution in [3.05, 3.63) is 0 Å². The number of rotatable bonds is 5. The van der Waals surface area contributed by atoms with Crippen LogP contribution in [0.25, 0.3) is 0 Å². The number of amidine groups is 1. The Kier molecular flexibility index (Phi) is 5.71. The summed E-state index contributed by atoms with van der Waals surface area (Å²) in [6.07, 6.45) is -0.303. The van der Waals surface area contributed by atoms with Crippen molar-refractivity contribution < 1.29 is 33.3 Å². The molecular formula is C16H22N2O7S. The molecule has 144 valence electrons.